The summed E-state index contributed by atoms with van der Waals surface area (Å²) < 4.78 is 11.9. The first kappa shape index (κ1) is 22.5. The molecule has 156 valence electrons. The predicted octanol–water partition coefficient (Wildman–Crippen LogP) is 6.79. The molecule has 0 aliphatic heterocycles. The summed E-state index contributed by atoms with van der Waals surface area (Å²) >= 11 is 15.3. The van der Waals surface area contributed by atoms with E-state index < -0.39 is 0 Å². The van der Waals surface area contributed by atoms with Crippen LogP contribution in [0.25, 0.3) is 0 Å². The Balaban J connectivity index is 1.42. The first-order valence-electron chi connectivity index (χ1n) is 9.35. The van der Waals surface area contributed by atoms with Crippen LogP contribution in [0, 0.1) is 0 Å². The minimum atomic E-state index is -0.301. The monoisotopic (exact) mass is 507 g/mol. The maximum absolute atomic E-state index is 12.2. The Bertz CT molecular complexity index is 958. The summed E-state index contributed by atoms with van der Waals surface area (Å²) in [6, 6.07) is 20.7. The molecule has 0 saturated heterocycles. The lowest BCUT2D eigenvalue weighted by molar-refractivity contribution is -0.118. The van der Waals surface area contributed by atoms with Gasteiger partial charge in [0.2, 0.25) is 0 Å². The van der Waals surface area contributed by atoms with Crippen LogP contribution in [0.4, 0.5) is 5.69 Å². The van der Waals surface area contributed by atoms with Crippen molar-refractivity contribution in [2.75, 3.05) is 18.5 Å². The minimum Gasteiger partial charge on any atom is -0.494 e. The largest absolute Gasteiger partial charge is 0.494 e. The number of anilines is 1. The maximum atomic E-state index is 12.2. The van der Waals surface area contributed by atoms with Crippen LogP contribution in [0.1, 0.15) is 12.0 Å². The van der Waals surface area contributed by atoms with Crippen molar-refractivity contribution in [2.24, 2.45) is 0 Å². The van der Waals surface area contributed by atoms with Crippen molar-refractivity contribution in [3.63, 3.8) is 0 Å². The van der Waals surface area contributed by atoms with Crippen LogP contribution in [0.5, 0.6) is 11.5 Å². The molecule has 0 unspecified atom stereocenters. The van der Waals surface area contributed by atoms with Gasteiger partial charge in [0.1, 0.15) is 5.75 Å². The van der Waals surface area contributed by atoms with Gasteiger partial charge in [0, 0.05) is 10.7 Å². The molecule has 0 radical (unpaired) electrons. The third kappa shape index (κ3) is 6.94. The Morgan fingerprint density at radius 1 is 0.967 bits per heavy atom. The number of benzene rings is 3. The Hall–Kier alpha value is -2.21. The molecule has 1 amide bonds. The van der Waals surface area contributed by atoms with Crippen LogP contribution in [0.3, 0.4) is 0 Å². The summed E-state index contributed by atoms with van der Waals surface area (Å²) in [5, 5.41) is 3.58. The summed E-state index contributed by atoms with van der Waals surface area (Å²) in [6.45, 7) is 0.447. The highest BCUT2D eigenvalue weighted by molar-refractivity contribution is 9.10. The zero-order chi connectivity index (χ0) is 21.3. The lowest BCUT2D eigenvalue weighted by Crippen LogP contribution is -2.20. The molecule has 0 heterocycles. The third-order valence-electron chi connectivity index (χ3n) is 4.17. The van der Waals surface area contributed by atoms with Gasteiger partial charge >= 0.3 is 0 Å². The van der Waals surface area contributed by atoms with Gasteiger partial charge in [-0.2, -0.15) is 0 Å². The molecule has 3 aromatic carbocycles. The van der Waals surface area contributed by atoms with Crippen LogP contribution >= 0.6 is 39.1 Å². The van der Waals surface area contributed by atoms with E-state index in [1.54, 1.807) is 24.3 Å². The van der Waals surface area contributed by atoms with Crippen LogP contribution in [-0.2, 0) is 11.2 Å². The molecule has 1 N–H and O–H groups in total. The van der Waals surface area contributed by atoms with Gasteiger partial charge in [0.25, 0.3) is 5.91 Å². The van der Waals surface area contributed by atoms with Crippen molar-refractivity contribution in [3.8, 4) is 11.5 Å². The summed E-state index contributed by atoms with van der Waals surface area (Å²) in [5.74, 6) is 0.828. The topological polar surface area (TPSA) is 47.6 Å². The maximum Gasteiger partial charge on any atom is 0.262 e. The second-order valence-corrected chi connectivity index (χ2v) is 8.20. The molecule has 3 rings (SSSR count). The molecule has 0 saturated carbocycles. The fraction of sp³-hybridized carbons (Fsp3) is 0.174. The highest BCUT2D eigenvalue weighted by atomic mass is 79.9. The SMILES string of the molecule is O=C(COc1c(Cl)cc(Cl)cc1Br)Nc1ccc(OCCCc2ccccc2)cc1. The molecule has 7 heteroatoms. The number of aryl methyl sites for hydroxylation is 1. The quantitative estimate of drug-likeness (QED) is 0.324. The zero-order valence-corrected chi connectivity index (χ0v) is 19.1. The molecule has 0 aliphatic rings. The van der Waals surface area contributed by atoms with Crippen LogP contribution < -0.4 is 14.8 Å². The van der Waals surface area contributed by atoms with E-state index in [0.717, 1.165) is 18.6 Å². The van der Waals surface area contributed by atoms with Gasteiger partial charge in [0.15, 0.2) is 12.4 Å². The van der Waals surface area contributed by atoms with Crippen molar-refractivity contribution in [3.05, 3.63) is 86.8 Å². The number of carbonyl (C=O) groups excluding carboxylic acids is 1. The molecular weight excluding hydrogens is 489 g/mol. The summed E-state index contributed by atoms with van der Waals surface area (Å²) in [7, 11) is 0. The Labute approximate surface area is 194 Å². The van der Waals surface area contributed by atoms with E-state index in [-0.39, 0.29) is 12.5 Å². The number of halogens is 3. The van der Waals surface area contributed by atoms with E-state index in [4.69, 9.17) is 32.7 Å². The molecule has 0 spiro atoms. The van der Waals surface area contributed by atoms with Gasteiger partial charge < -0.3 is 14.8 Å². The average molecular weight is 509 g/mol. The summed E-state index contributed by atoms with van der Waals surface area (Å²) in [4.78, 5) is 12.2. The Morgan fingerprint density at radius 3 is 2.40 bits per heavy atom. The van der Waals surface area contributed by atoms with Crippen LogP contribution in [0.15, 0.2) is 71.2 Å². The number of rotatable bonds is 9. The summed E-state index contributed by atoms with van der Waals surface area (Å²) in [6.07, 6.45) is 1.91. The molecule has 0 atom stereocenters. The molecule has 0 aliphatic carbocycles. The lowest BCUT2D eigenvalue weighted by Gasteiger charge is -2.11. The van der Waals surface area contributed by atoms with E-state index in [2.05, 4.69) is 33.4 Å². The minimum absolute atomic E-state index is 0.183. The molecular formula is C23H20BrCl2NO3. The fourth-order valence-electron chi connectivity index (χ4n) is 2.75. The van der Waals surface area contributed by atoms with E-state index in [0.29, 0.717) is 32.6 Å². The van der Waals surface area contributed by atoms with Crippen molar-refractivity contribution < 1.29 is 14.3 Å². The van der Waals surface area contributed by atoms with Gasteiger partial charge in [0.05, 0.1) is 16.1 Å². The van der Waals surface area contributed by atoms with Crippen molar-refractivity contribution >= 4 is 50.7 Å². The molecule has 30 heavy (non-hydrogen) atoms. The highest BCUT2D eigenvalue weighted by Gasteiger charge is 2.11. The van der Waals surface area contributed by atoms with Crippen molar-refractivity contribution in [1.82, 2.24) is 0 Å². The van der Waals surface area contributed by atoms with Gasteiger partial charge in [-0.05, 0) is 70.7 Å². The van der Waals surface area contributed by atoms with E-state index in [9.17, 15) is 4.79 Å². The Kier molecular flexibility index (Phi) is 8.43. The molecule has 0 fully saturated rings. The number of carbonyl (C=O) groups is 1. The number of amides is 1. The second-order valence-electron chi connectivity index (χ2n) is 6.50. The number of nitrogens with one attached hydrogen (secondary N) is 1. The van der Waals surface area contributed by atoms with Crippen LogP contribution in [-0.4, -0.2) is 19.1 Å². The molecule has 0 bridgehead atoms. The van der Waals surface area contributed by atoms with Crippen molar-refractivity contribution in [2.45, 2.75) is 12.8 Å². The van der Waals surface area contributed by atoms with Gasteiger partial charge in [-0.25, -0.2) is 0 Å². The first-order valence-corrected chi connectivity index (χ1v) is 10.9. The van der Waals surface area contributed by atoms with E-state index >= 15 is 0 Å². The standard InChI is InChI=1S/C23H20BrCl2NO3/c24-20-13-17(25)14-21(26)23(20)30-15-22(28)27-18-8-10-19(11-9-18)29-12-4-7-16-5-2-1-3-6-16/h1-3,5-6,8-11,13-14H,4,7,12,15H2,(H,27,28). The summed E-state index contributed by atoms with van der Waals surface area (Å²) in [5.41, 5.74) is 1.95. The first-order chi connectivity index (χ1) is 14.5. The van der Waals surface area contributed by atoms with Crippen LogP contribution in [0.2, 0.25) is 10.0 Å². The molecule has 4 nitrogen and oxygen atoms in total. The second kappa shape index (κ2) is 11.3. The smallest absolute Gasteiger partial charge is 0.262 e. The Morgan fingerprint density at radius 2 is 1.70 bits per heavy atom. The third-order valence-corrected chi connectivity index (χ3v) is 5.26. The normalized spacial score (nSPS) is 10.5. The van der Waals surface area contributed by atoms with E-state index in [1.807, 2.05) is 30.3 Å². The number of hydrogen-bond acceptors (Lipinski definition) is 3. The molecule has 3 aromatic rings. The number of ether oxygens (including phenoxy) is 2. The average Bonchev–Trinajstić information content (AvgIpc) is 2.72. The molecule has 0 aromatic heterocycles. The predicted molar refractivity (Wildman–Crippen MR) is 125 cm³/mol. The lowest BCUT2D eigenvalue weighted by atomic mass is 10.1. The van der Waals surface area contributed by atoms with Gasteiger partial charge in [-0.1, -0.05) is 53.5 Å². The zero-order valence-electron chi connectivity index (χ0n) is 16.0. The van der Waals surface area contributed by atoms with Gasteiger partial charge in [-0.15, -0.1) is 0 Å². The number of hydrogen-bond donors (Lipinski definition) is 1. The highest BCUT2D eigenvalue weighted by Crippen LogP contribution is 2.36. The fourth-order valence-corrected chi connectivity index (χ4v) is 4.12. The van der Waals surface area contributed by atoms with Gasteiger partial charge in [-0.3, -0.25) is 4.79 Å². The van der Waals surface area contributed by atoms with E-state index in [1.165, 1.54) is 5.56 Å². The van der Waals surface area contributed by atoms with Crippen molar-refractivity contribution in [1.29, 1.82) is 0 Å².